The summed E-state index contributed by atoms with van der Waals surface area (Å²) in [5.41, 5.74) is 1.04. The van der Waals surface area contributed by atoms with Crippen LogP contribution in [-0.4, -0.2) is 16.1 Å². The molecular weight excluding hydrogens is 269 g/mol. The highest BCUT2D eigenvalue weighted by molar-refractivity contribution is 6.35. The molecule has 1 aromatic heterocycles. The highest BCUT2D eigenvalue weighted by Gasteiger charge is 2.06. The van der Waals surface area contributed by atoms with Crippen LogP contribution in [0.25, 0.3) is 0 Å². The van der Waals surface area contributed by atoms with Gasteiger partial charge in [-0.2, -0.15) is 0 Å². The Morgan fingerprint density at radius 3 is 2.89 bits per heavy atom. The van der Waals surface area contributed by atoms with Crippen LogP contribution in [0.3, 0.4) is 0 Å². The number of hydrogen-bond donors (Lipinski definition) is 1. The number of benzene rings is 1. The molecule has 18 heavy (non-hydrogen) atoms. The molecular formula is C13H15Cl2N3. The third-order valence-corrected chi connectivity index (χ3v) is 3.28. The second kappa shape index (κ2) is 6.23. The molecule has 0 atom stereocenters. The van der Waals surface area contributed by atoms with E-state index < -0.39 is 0 Å². The van der Waals surface area contributed by atoms with E-state index in [2.05, 4.69) is 21.8 Å². The van der Waals surface area contributed by atoms with Gasteiger partial charge >= 0.3 is 0 Å². The summed E-state index contributed by atoms with van der Waals surface area (Å²) in [6, 6.07) is 5.56. The van der Waals surface area contributed by atoms with Crippen molar-refractivity contribution in [3.8, 4) is 0 Å². The summed E-state index contributed by atoms with van der Waals surface area (Å²) in [4.78, 5) is 4.33. The number of nitrogens with zero attached hydrogens (tertiary/aromatic N) is 2. The topological polar surface area (TPSA) is 29.9 Å². The number of aromatic nitrogens is 2. The Labute approximate surface area is 117 Å². The van der Waals surface area contributed by atoms with E-state index in [0.717, 1.165) is 24.5 Å². The molecule has 1 N–H and O–H groups in total. The lowest BCUT2D eigenvalue weighted by Gasteiger charge is -2.10. The van der Waals surface area contributed by atoms with E-state index in [4.69, 9.17) is 23.2 Å². The van der Waals surface area contributed by atoms with E-state index in [9.17, 15) is 0 Å². The Bertz CT molecular complexity index is 523. The normalized spacial score (nSPS) is 10.8. The highest BCUT2D eigenvalue weighted by Crippen LogP contribution is 2.22. The predicted molar refractivity (Wildman–Crippen MR) is 75.2 cm³/mol. The Kier molecular flexibility index (Phi) is 4.64. The molecule has 1 heterocycles. The average Bonchev–Trinajstić information content (AvgIpc) is 2.77. The Balaban J connectivity index is 2.15. The summed E-state index contributed by atoms with van der Waals surface area (Å²) in [6.45, 7) is 4.46. The lowest BCUT2D eigenvalue weighted by molar-refractivity contribution is 0.639. The van der Waals surface area contributed by atoms with E-state index in [1.807, 2.05) is 18.3 Å². The second-order valence-electron chi connectivity index (χ2n) is 3.99. The van der Waals surface area contributed by atoms with Gasteiger partial charge in [0.2, 0.25) is 0 Å². The van der Waals surface area contributed by atoms with Gasteiger partial charge in [0.1, 0.15) is 5.82 Å². The summed E-state index contributed by atoms with van der Waals surface area (Å²) in [5.74, 6) is 1.00. The Morgan fingerprint density at radius 2 is 2.17 bits per heavy atom. The van der Waals surface area contributed by atoms with Gasteiger partial charge in [-0.3, -0.25) is 0 Å². The average molecular weight is 284 g/mol. The van der Waals surface area contributed by atoms with Gasteiger partial charge in [0.05, 0.1) is 13.1 Å². The van der Waals surface area contributed by atoms with Crippen LogP contribution in [0.2, 0.25) is 10.0 Å². The summed E-state index contributed by atoms with van der Waals surface area (Å²) in [5, 5.41) is 4.60. The van der Waals surface area contributed by atoms with Gasteiger partial charge in [-0.1, -0.05) is 36.2 Å². The zero-order valence-corrected chi connectivity index (χ0v) is 11.7. The van der Waals surface area contributed by atoms with Crippen LogP contribution >= 0.6 is 23.2 Å². The summed E-state index contributed by atoms with van der Waals surface area (Å²) in [7, 11) is 0. The molecule has 0 aliphatic heterocycles. The maximum absolute atomic E-state index is 6.17. The van der Waals surface area contributed by atoms with Crippen molar-refractivity contribution in [3.63, 3.8) is 0 Å². The molecule has 3 nitrogen and oxygen atoms in total. The van der Waals surface area contributed by atoms with E-state index in [1.54, 1.807) is 12.3 Å². The summed E-state index contributed by atoms with van der Waals surface area (Å²) < 4.78 is 2.08. The summed E-state index contributed by atoms with van der Waals surface area (Å²) in [6.07, 6.45) is 3.76. The van der Waals surface area contributed by atoms with Gasteiger partial charge in [-0.25, -0.2) is 4.98 Å². The fourth-order valence-corrected chi connectivity index (χ4v) is 2.19. The number of rotatable bonds is 5. The van der Waals surface area contributed by atoms with E-state index in [1.165, 1.54) is 0 Å². The van der Waals surface area contributed by atoms with E-state index in [-0.39, 0.29) is 0 Å². The molecule has 0 radical (unpaired) electrons. The molecule has 0 aliphatic rings. The Morgan fingerprint density at radius 1 is 1.33 bits per heavy atom. The van der Waals surface area contributed by atoms with Crippen LogP contribution in [-0.2, 0) is 13.1 Å². The molecule has 0 saturated heterocycles. The molecule has 0 saturated carbocycles. The number of halogens is 2. The third kappa shape index (κ3) is 3.25. The number of imidazole rings is 1. The zero-order chi connectivity index (χ0) is 13.0. The first-order chi connectivity index (χ1) is 8.70. The molecule has 0 aliphatic carbocycles. The van der Waals surface area contributed by atoms with Crippen LogP contribution in [0.4, 0.5) is 0 Å². The molecule has 1 aromatic carbocycles. The van der Waals surface area contributed by atoms with Crippen LogP contribution in [0.15, 0.2) is 30.6 Å². The van der Waals surface area contributed by atoms with Crippen molar-refractivity contribution < 1.29 is 0 Å². The first-order valence-electron chi connectivity index (χ1n) is 5.85. The van der Waals surface area contributed by atoms with Gasteiger partial charge in [0.15, 0.2) is 0 Å². The zero-order valence-electron chi connectivity index (χ0n) is 10.2. The SMILES string of the molecule is CCNCc1nccn1Cc1ccc(Cl)cc1Cl. The van der Waals surface area contributed by atoms with Gasteiger partial charge in [-0.05, 0) is 24.2 Å². The molecule has 5 heteroatoms. The third-order valence-electron chi connectivity index (χ3n) is 2.69. The fraction of sp³-hybridized carbons (Fsp3) is 0.308. The van der Waals surface area contributed by atoms with Gasteiger partial charge in [0.25, 0.3) is 0 Å². The predicted octanol–water partition coefficient (Wildman–Crippen LogP) is 3.35. The first kappa shape index (κ1) is 13.4. The van der Waals surface area contributed by atoms with Crippen molar-refractivity contribution >= 4 is 23.2 Å². The van der Waals surface area contributed by atoms with Gasteiger partial charge in [-0.15, -0.1) is 0 Å². The Hall–Kier alpha value is -1.03. The van der Waals surface area contributed by atoms with Crippen molar-refractivity contribution in [3.05, 3.63) is 52.0 Å². The van der Waals surface area contributed by atoms with Gasteiger partial charge in [0, 0.05) is 22.4 Å². The second-order valence-corrected chi connectivity index (χ2v) is 4.83. The molecule has 0 bridgehead atoms. The molecule has 0 amide bonds. The van der Waals surface area contributed by atoms with Crippen LogP contribution in [0.1, 0.15) is 18.3 Å². The van der Waals surface area contributed by atoms with Crippen molar-refractivity contribution in [2.24, 2.45) is 0 Å². The lowest BCUT2D eigenvalue weighted by Crippen LogP contribution is -2.16. The maximum atomic E-state index is 6.17. The maximum Gasteiger partial charge on any atom is 0.122 e. The molecule has 96 valence electrons. The fourth-order valence-electron chi connectivity index (χ4n) is 1.72. The molecule has 0 fully saturated rings. The van der Waals surface area contributed by atoms with Crippen LogP contribution in [0, 0.1) is 0 Å². The van der Waals surface area contributed by atoms with Crippen molar-refractivity contribution in [1.82, 2.24) is 14.9 Å². The van der Waals surface area contributed by atoms with E-state index in [0.29, 0.717) is 16.6 Å². The van der Waals surface area contributed by atoms with Crippen molar-refractivity contribution in [2.45, 2.75) is 20.0 Å². The lowest BCUT2D eigenvalue weighted by atomic mass is 10.2. The molecule has 0 unspecified atom stereocenters. The monoisotopic (exact) mass is 283 g/mol. The minimum Gasteiger partial charge on any atom is -0.329 e. The van der Waals surface area contributed by atoms with Crippen molar-refractivity contribution in [2.75, 3.05) is 6.54 Å². The first-order valence-corrected chi connectivity index (χ1v) is 6.61. The van der Waals surface area contributed by atoms with Gasteiger partial charge < -0.3 is 9.88 Å². The molecule has 0 spiro atoms. The summed E-state index contributed by atoms with van der Waals surface area (Å²) >= 11 is 12.1. The van der Waals surface area contributed by atoms with Crippen molar-refractivity contribution in [1.29, 1.82) is 0 Å². The highest BCUT2D eigenvalue weighted by atomic mass is 35.5. The number of hydrogen-bond acceptors (Lipinski definition) is 2. The standard InChI is InChI=1S/C13H15Cl2N3/c1-2-16-8-13-17-5-6-18(13)9-10-3-4-11(14)7-12(10)15/h3-7,16H,2,8-9H2,1H3. The van der Waals surface area contributed by atoms with E-state index >= 15 is 0 Å². The smallest absolute Gasteiger partial charge is 0.122 e. The quantitative estimate of drug-likeness (QED) is 0.912. The number of nitrogens with one attached hydrogen (secondary N) is 1. The minimum absolute atomic E-state index is 0.655. The largest absolute Gasteiger partial charge is 0.329 e. The van der Waals surface area contributed by atoms with Crippen LogP contribution < -0.4 is 5.32 Å². The molecule has 2 rings (SSSR count). The van der Waals surface area contributed by atoms with Crippen LogP contribution in [0.5, 0.6) is 0 Å². The molecule has 2 aromatic rings. The minimum atomic E-state index is 0.655.